The fourth-order valence-corrected chi connectivity index (χ4v) is 5.65. The summed E-state index contributed by atoms with van der Waals surface area (Å²) in [6, 6.07) is 16.1. The highest BCUT2D eigenvalue weighted by atomic mass is 79.9. The Labute approximate surface area is 235 Å². The van der Waals surface area contributed by atoms with Gasteiger partial charge in [-0.2, -0.15) is 5.26 Å². The van der Waals surface area contributed by atoms with Crippen LogP contribution >= 0.6 is 27.5 Å². The monoisotopic (exact) mass is 604 g/mol. The van der Waals surface area contributed by atoms with E-state index in [1.54, 1.807) is 48.1 Å². The third-order valence-corrected chi connectivity index (χ3v) is 7.50. The Hall–Kier alpha value is -4.40. The Morgan fingerprint density at radius 1 is 1.15 bits per heavy atom. The quantitative estimate of drug-likeness (QED) is 0.369. The number of carbonyl (C=O) groups is 1. The van der Waals surface area contributed by atoms with E-state index in [0.29, 0.717) is 33.0 Å². The highest BCUT2D eigenvalue weighted by molar-refractivity contribution is 9.10. The van der Waals surface area contributed by atoms with Crippen LogP contribution in [0.25, 0.3) is 0 Å². The molecule has 2 aromatic carbocycles. The standard InChI is InChI=1S/C27H18BrClN6O4/c1-14-8-22-23(25(36)38-14)27(20(10-30)24(31)39-22)19-9-16(28)4-7-21(19)35(26(27)37)13-18-12-34(33-32-18)11-15-2-5-17(29)6-3-15/h2-9,12H,11,13,31H2,1H3. The average molecular weight is 606 g/mol. The molecule has 10 nitrogen and oxygen atoms in total. The molecule has 0 radical (unpaired) electrons. The van der Waals surface area contributed by atoms with Crippen LogP contribution in [0.15, 0.2) is 79.9 Å². The normalized spacial score (nSPS) is 17.7. The van der Waals surface area contributed by atoms with Crippen molar-refractivity contribution in [3.05, 3.63) is 114 Å². The first-order valence-corrected chi connectivity index (χ1v) is 12.9. The highest BCUT2D eigenvalue weighted by Gasteiger charge is 2.61. The van der Waals surface area contributed by atoms with Crippen molar-refractivity contribution in [2.45, 2.75) is 25.4 Å². The number of fused-ring (bicyclic) bond motifs is 4. The molecule has 6 rings (SSSR count). The van der Waals surface area contributed by atoms with Gasteiger partial charge in [0, 0.05) is 26.8 Å². The largest absolute Gasteiger partial charge is 0.440 e. The molecule has 0 fully saturated rings. The van der Waals surface area contributed by atoms with E-state index in [9.17, 15) is 14.9 Å². The molecule has 1 atom stereocenters. The van der Waals surface area contributed by atoms with Gasteiger partial charge in [0.05, 0.1) is 19.3 Å². The number of nitrogens with two attached hydrogens (primary N) is 1. The van der Waals surface area contributed by atoms with Crippen molar-refractivity contribution in [3.8, 4) is 11.8 Å². The first-order valence-electron chi connectivity index (χ1n) is 11.7. The summed E-state index contributed by atoms with van der Waals surface area (Å²) < 4.78 is 13.3. The zero-order chi connectivity index (χ0) is 27.5. The summed E-state index contributed by atoms with van der Waals surface area (Å²) in [6.45, 7) is 2.06. The second-order valence-electron chi connectivity index (χ2n) is 9.17. The van der Waals surface area contributed by atoms with Crippen LogP contribution in [0.3, 0.4) is 0 Å². The molecule has 1 unspecified atom stereocenters. The number of benzene rings is 2. The summed E-state index contributed by atoms with van der Waals surface area (Å²) in [6.07, 6.45) is 1.73. The van der Waals surface area contributed by atoms with Crippen molar-refractivity contribution in [2.75, 3.05) is 4.90 Å². The van der Waals surface area contributed by atoms with Gasteiger partial charge in [-0.15, -0.1) is 5.10 Å². The summed E-state index contributed by atoms with van der Waals surface area (Å²) in [4.78, 5) is 29.2. The minimum Gasteiger partial charge on any atom is -0.440 e. The summed E-state index contributed by atoms with van der Waals surface area (Å²) >= 11 is 9.44. The van der Waals surface area contributed by atoms with Gasteiger partial charge < -0.3 is 19.8 Å². The zero-order valence-electron chi connectivity index (χ0n) is 20.3. The van der Waals surface area contributed by atoms with Gasteiger partial charge in [-0.05, 0) is 42.8 Å². The van der Waals surface area contributed by atoms with Crippen molar-refractivity contribution in [2.24, 2.45) is 5.73 Å². The Bertz CT molecular complexity index is 1810. The maximum absolute atomic E-state index is 14.5. The van der Waals surface area contributed by atoms with E-state index >= 15 is 0 Å². The number of nitrogens with zero attached hydrogens (tertiary/aromatic N) is 5. The number of hydrogen-bond donors (Lipinski definition) is 1. The smallest absolute Gasteiger partial charge is 0.344 e. The topological polar surface area (TPSA) is 140 Å². The van der Waals surface area contributed by atoms with Crippen molar-refractivity contribution in [3.63, 3.8) is 0 Å². The Morgan fingerprint density at radius 2 is 1.92 bits per heavy atom. The van der Waals surface area contributed by atoms with Crippen LogP contribution in [0.2, 0.25) is 5.02 Å². The van der Waals surface area contributed by atoms with Crippen LogP contribution in [0, 0.1) is 18.3 Å². The first kappa shape index (κ1) is 24.9. The Kier molecular flexibility index (Phi) is 5.82. The molecular weight excluding hydrogens is 588 g/mol. The van der Waals surface area contributed by atoms with E-state index in [1.807, 2.05) is 18.2 Å². The van der Waals surface area contributed by atoms with E-state index in [-0.39, 0.29) is 35.1 Å². The second-order valence-corrected chi connectivity index (χ2v) is 10.5. The van der Waals surface area contributed by atoms with Crippen molar-refractivity contribution in [1.82, 2.24) is 15.0 Å². The molecule has 194 valence electrons. The van der Waals surface area contributed by atoms with Crippen LogP contribution < -0.4 is 21.0 Å². The molecular formula is C27H18BrClN6O4. The number of nitriles is 1. The maximum atomic E-state index is 14.5. The molecule has 2 aliphatic rings. The molecule has 0 bridgehead atoms. The van der Waals surface area contributed by atoms with Crippen molar-refractivity contribution in [1.29, 1.82) is 5.26 Å². The van der Waals surface area contributed by atoms with E-state index in [1.165, 1.54) is 11.0 Å². The van der Waals surface area contributed by atoms with Gasteiger partial charge in [0.25, 0.3) is 0 Å². The van der Waals surface area contributed by atoms with Gasteiger partial charge in [0.15, 0.2) is 5.41 Å². The minimum atomic E-state index is -1.86. The molecule has 4 aromatic rings. The number of aromatic nitrogens is 3. The lowest BCUT2D eigenvalue weighted by Crippen LogP contribution is -2.48. The number of hydrogen-bond acceptors (Lipinski definition) is 8. The van der Waals surface area contributed by atoms with Gasteiger partial charge >= 0.3 is 5.63 Å². The molecule has 2 aliphatic heterocycles. The number of aryl methyl sites for hydroxylation is 1. The number of anilines is 1. The molecule has 0 saturated heterocycles. The van der Waals surface area contributed by atoms with Gasteiger partial charge in [-0.3, -0.25) is 4.79 Å². The van der Waals surface area contributed by atoms with Gasteiger partial charge in [0.2, 0.25) is 11.8 Å². The number of amides is 1. The fourth-order valence-electron chi connectivity index (χ4n) is 5.16. The zero-order valence-corrected chi connectivity index (χ0v) is 22.7. The predicted octanol–water partition coefficient (Wildman–Crippen LogP) is 3.92. The van der Waals surface area contributed by atoms with Crippen molar-refractivity contribution >= 4 is 39.1 Å². The maximum Gasteiger partial charge on any atom is 0.344 e. The lowest BCUT2D eigenvalue weighted by atomic mass is 9.69. The van der Waals surface area contributed by atoms with E-state index in [4.69, 9.17) is 26.5 Å². The molecule has 4 heterocycles. The Morgan fingerprint density at radius 3 is 2.67 bits per heavy atom. The van der Waals surface area contributed by atoms with Gasteiger partial charge in [-0.1, -0.05) is 44.9 Å². The highest BCUT2D eigenvalue weighted by Crippen LogP contribution is 2.55. The van der Waals surface area contributed by atoms with Crippen LogP contribution in [-0.2, 0) is 23.3 Å². The lowest BCUT2D eigenvalue weighted by molar-refractivity contribution is -0.121. The number of halogens is 2. The van der Waals surface area contributed by atoms with Crippen LogP contribution in [0.1, 0.15) is 28.1 Å². The van der Waals surface area contributed by atoms with E-state index in [0.717, 1.165) is 5.56 Å². The molecule has 1 spiro atoms. The molecule has 12 heteroatoms. The second kappa shape index (κ2) is 9.11. The summed E-state index contributed by atoms with van der Waals surface area (Å²) in [5.74, 6) is -0.473. The summed E-state index contributed by atoms with van der Waals surface area (Å²) in [5, 5.41) is 19.3. The van der Waals surface area contributed by atoms with Gasteiger partial charge in [-0.25, -0.2) is 9.48 Å². The summed E-state index contributed by atoms with van der Waals surface area (Å²) in [7, 11) is 0. The van der Waals surface area contributed by atoms with E-state index < -0.39 is 16.9 Å². The average Bonchev–Trinajstić information content (AvgIpc) is 3.42. The molecule has 1 amide bonds. The third-order valence-electron chi connectivity index (χ3n) is 6.75. The van der Waals surface area contributed by atoms with E-state index in [2.05, 4.69) is 26.2 Å². The molecule has 39 heavy (non-hydrogen) atoms. The summed E-state index contributed by atoms with van der Waals surface area (Å²) in [5.41, 5.74) is 5.61. The molecule has 2 N–H and O–H groups in total. The lowest BCUT2D eigenvalue weighted by Gasteiger charge is -2.33. The molecule has 2 aromatic heterocycles. The molecule has 0 aliphatic carbocycles. The SMILES string of the molecule is Cc1cc2c(c(=O)o1)C1(C(=O)N(Cc3cn(Cc4ccc(Cl)cc4)nn3)c3ccc(Br)cc31)C(C#N)=C(N)O2. The number of rotatable bonds is 4. The number of carbonyl (C=O) groups excluding carboxylic acids is 1. The Balaban J connectivity index is 1.47. The van der Waals surface area contributed by atoms with Crippen LogP contribution in [0.5, 0.6) is 5.75 Å². The predicted molar refractivity (Wildman–Crippen MR) is 144 cm³/mol. The fraction of sp³-hybridized carbons (Fsp3) is 0.148. The number of ether oxygens (including phenoxy) is 1. The van der Waals surface area contributed by atoms with Crippen molar-refractivity contribution < 1.29 is 13.9 Å². The van der Waals surface area contributed by atoms with Crippen LogP contribution in [-0.4, -0.2) is 20.9 Å². The minimum absolute atomic E-state index is 0.0296. The third kappa shape index (κ3) is 3.83. The first-order chi connectivity index (χ1) is 18.7. The van der Waals surface area contributed by atoms with Crippen LogP contribution in [0.4, 0.5) is 5.69 Å². The molecule has 0 saturated carbocycles. The van der Waals surface area contributed by atoms with Gasteiger partial charge in [0.1, 0.15) is 34.4 Å².